The van der Waals surface area contributed by atoms with Crippen LogP contribution in [0.4, 0.5) is 0 Å². The maximum absolute atomic E-state index is 4.55. The van der Waals surface area contributed by atoms with E-state index in [-0.39, 0.29) is 0 Å². The van der Waals surface area contributed by atoms with Crippen LogP contribution < -0.4 is 5.32 Å². The summed E-state index contributed by atoms with van der Waals surface area (Å²) >= 11 is 0. The normalized spacial score (nSPS) is 10.9. The molecule has 0 fully saturated rings. The molecule has 2 rings (SSSR count). The summed E-state index contributed by atoms with van der Waals surface area (Å²) < 4.78 is 2.24. The average Bonchev–Trinajstić information content (AvgIpc) is 2.86. The van der Waals surface area contributed by atoms with Crippen LogP contribution >= 0.6 is 0 Å². The van der Waals surface area contributed by atoms with Crippen molar-refractivity contribution in [2.75, 3.05) is 6.54 Å². The molecule has 0 amide bonds. The molecule has 0 aliphatic carbocycles. The van der Waals surface area contributed by atoms with E-state index >= 15 is 0 Å². The Balaban J connectivity index is 2.40. The van der Waals surface area contributed by atoms with E-state index < -0.39 is 0 Å². The van der Waals surface area contributed by atoms with Gasteiger partial charge in [-0.05, 0) is 31.5 Å². The first-order valence-electron chi connectivity index (χ1n) is 7.08. The lowest BCUT2D eigenvalue weighted by Gasteiger charge is -2.12. The molecule has 3 heteroatoms. The number of hydrogen-bond acceptors (Lipinski definition) is 2. The summed E-state index contributed by atoms with van der Waals surface area (Å²) in [7, 11) is 0. The van der Waals surface area contributed by atoms with Gasteiger partial charge in [0.1, 0.15) is 5.82 Å². The number of hydrogen-bond donors (Lipinski definition) is 1. The molecular formula is C16H23N3. The number of aryl methyl sites for hydroxylation is 2. The van der Waals surface area contributed by atoms with Crippen molar-refractivity contribution in [3.8, 4) is 11.4 Å². The number of nitrogens with one attached hydrogen (secondary N) is 1. The van der Waals surface area contributed by atoms with E-state index in [9.17, 15) is 0 Å². The monoisotopic (exact) mass is 257 g/mol. The van der Waals surface area contributed by atoms with Gasteiger partial charge in [0, 0.05) is 31.0 Å². The standard InChI is InChI=1S/C16H23N3/c1-4-9-19-10-8-18-16(19)15-11-13(3)6-7-14(15)12-17-5-2/h6-8,10-11,17H,4-5,9,12H2,1-3H3. The summed E-state index contributed by atoms with van der Waals surface area (Å²) in [6.45, 7) is 9.35. The van der Waals surface area contributed by atoms with Crippen LogP contribution in [0.15, 0.2) is 30.6 Å². The highest BCUT2D eigenvalue weighted by Crippen LogP contribution is 2.24. The van der Waals surface area contributed by atoms with Crippen molar-refractivity contribution in [1.29, 1.82) is 0 Å². The van der Waals surface area contributed by atoms with Crippen LogP contribution in [0.25, 0.3) is 11.4 Å². The first-order valence-corrected chi connectivity index (χ1v) is 7.08. The van der Waals surface area contributed by atoms with E-state index in [1.807, 2.05) is 6.20 Å². The van der Waals surface area contributed by atoms with Gasteiger partial charge in [-0.3, -0.25) is 0 Å². The van der Waals surface area contributed by atoms with Crippen LogP contribution in [0.1, 0.15) is 31.4 Å². The van der Waals surface area contributed by atoms with Gasteiger partial charge in [0.2, 0.25) is 0 Å². The van der Waals surface area contributed by atoms with Crippen LogP contribution in [0.3, 0.4) is 0 Å². The van der Waals surface area contributed by atoms with Gasteiger partial charge in [0.25, 0.3) is 0 Å². The second-order valence-corrected chi connectivity index (χ2v) is 4.89. The van der Waals surface area contributed by atoms with Crippen LogP contribution in [0, 0.1) is 6.92 Å². The molecule has 3 nitrogen and oxygen atoms in total. The fourth-order valence-electron chi connectivity index (χ4n) is 2.29. The molecule has 0 saturated carbocycles. The lowest BCUT2D eigenvalue weighted by Crippen LogP contribution is -2.13. The fourth-order valence-corrected chi connectivity index (χ4v) is 2.29. The zero-order valence-electron chi connectivity index (χ0n) is 12.1. The van der Waals surface area contributed by atoms with Crippen molar-refractivity contribution in [3.05, 3.63) is 41.7 Å². The summed E-state index contributed by atoms with van der Waals surface area (Å²) in [6, 6.07) is 6.61. The Labute approximate surface area is 115 Å². The summed E-state index contributed by atoms with van der Waals surface area (Å²) in [5.74, 6) is 1.08. The molecule has 0 saturated heterocycles. The van der Waals surface area contributed by atoms with Gasteiger partial charge in [-0.15, -0.1) is 0 Å². The van der Waals surface area contributed by atoms with Gasteiger partial charge in [-0.25, -0.2) is 4.98 Å². The summed E-state index contributed by atoms with van der Waals surface area (Å²) in [6.07, 6.45) is 5.08. The minimum atomic E-state index is 0.894. The maximum atomic E-state index is 4.55. The Morgan fingerprint density at radius 2 is 2.11 bits per heavy atom. The molecule has 0 aliphatic heterocycles. The molecule has 1 N–H and O–H groups in total. The highest BCUT2D eigenvalue weighted by atomic mass is 15.1. The first kappa shape index (κ1) is 13.8. The molecule has 0 spiro atoms. The maximum Gasteiger partial charge on any atom is 0.140 e. The SMILES string of the molecule is CCCn1ccnc1-c1cc(C)ccc1CNCC. The summed E-state index contributed by atoms with van der Waals surface area (Å²) in [4.78, 5) is 4.55. The predicted octanol–water partition coefficient (Wildman–Crippen LogP) is 3.38. The topological polar surface area (TPSA) is 29.9 Å². The Kier molecular flexibility index (Phi) is 4.74. The molecule has 0 bridgehead atoms. The van der Waals surface area contributed by atoms with E-state index in [2.05, 4.69) is 60.0 Å². The van der Waals surface area contributed by atoms with Crippen molar-refractivity contribution in [2.45, 2.75) is 40.3 Å². The second kappa shape index (κ2) is 6.53. The fraction of sp³-hybridized carbons (Fsp3) is 0.438. The van der Waals surface area contributed by atoms with Gasteiger partial charge in [0.15, 0.2) is 0 Å². The van der Waals surface area contributed by atoms with E-state index in [0.29, 0.717) is 0 Å². The first-order chi connectivity index (χ1) is 9.26. The van der Waals surface area contributed by atoms with Crippen molar-refractivity contribution in [2.24, 2.45) is 0 Å². The number of rotatable bonds is 6. The number of aromatic nitrogens is 2. The third kappa shape index (κ3) is 3.24. The Morgan fingerprint density at radius 1 is 1.26 bits per heavy atom. The van der Waals surface area contributed by atoms with Gasteiger partial charge in [0.05, 0.1) is 0 Å². The number of benzene rings is 1. The lowest BCUT2D eigenvalue weighted by atomic mass is 10.0. The third-order valence-corrected chi connectivity index (χ3v) is 3.25. The molecule has 0 atom stereocenters. The van der Waals surface area contributed by atoms with Gasteiger partial charge < -0.3 is 9.88 Å². The number of imidazole rings is 1. The van der Waals surface area contributed by atoms with E-state index in [1.54, 1.807) is 0 Å². The lowest BCUT2D eigenvalue weighted by molar-refractivity contribution is 0.682. The van der Waals surface area contributed by atoms with Crippen LogP contribution in [-0.2, 0) is 13.1 Å². The van der Waals surface area contributed by atoms with Gasteiger partial charge in [-0.1, -0.05) is 31.5 Å². The highest BCUT2D eigenvalue weighted by molar-refractivity contribution is 5.62. The van der Waals surface area contributed by atoms with E-state index in [1.165, 1.54) is 16.7 Å². The van der Waals surface area contributed by atoms with Crippen molar-refractivity contribution in [3.63, 3.8) is 0 Å². The predicted molar refractivity (Wildman–Crippen MR) is 80.1 cm³/mol. The van der Waals surface area contributed by atoms with Gasteiger partial charge >= 0.3 is 0 Å². The van der Waals surface area contributed by atoms with E-state index in [0.717, 1.165) is 31.9 Å². The molecule has 1 aromatic heterocycles. The molecule has 19 heavy (non-hydrogen) atoms. The largest absolute Gasteiger partial charge is 0.331 e. The quantitative estimate of drug-likeness (QED) is 0.859. The van der Waals surface area contributed by atoms with Crippen molar-refractivity contribution >= 4 is 0 Å². The van der Waals surface area contributed by atoms with E-state index in [4.69, 9.17) is 0 Å². The Hall–Kier alpha value is -1.61. The third-order valence-electron chi connectivity index (χ3n) is 3.25. The average molecular weight is 257 g/mol. The smallest absolute Gasteiger partial charge is 0.140 e. The summed E-state index contributed by atoms with van der Waals surface area (Å²) in [5.41, 5.74) is 3.84. The second-order valence-electron chi connectivity index (χ2n) is 4.89. The molecule has 102 valence electrons. The molecule has 1 heterocycles. The molecule has 1 aromatic carbocycles. The molecule has 2 aromatic rings. The molecule has 0 radical (unpaired) electrons. The molecule has 0 aliphatic rings. The summed E-state index contributed by atoms with van der Waals surface area (Å²) in [5, 5.41) is 3.40. The minimum absolute atomic E-state index is 0.894. The highest BCUT2D eigenvalue weighted by Gasteiger charge is 2.10. The molecular weight excluding hydrogens is 234 g/mol. The minimum Gasteiger partial charge on any atom is -0.331 e. The van der Waals surface area contributed by atoms with Crippen LogP contribution in [0.2, 0.25) is 0 Å². The van der Waals surface area contributed by atoms with Crippen LogP contribution in [-0.4, -0.2) is 16.1 Å². The van der Waals surface area contributed by atoms with Gasteiger partial charge in [-0.2, -0.15) is 0 Å². The molecule has 0 unspecified atom stereocenters. The zero-order valence-corrected chi connectivity index (χ0v) is 12.1. The Morgan fingerprint density at radius 3 is 2.84 bits per heavy atom. The van der Waals surface area contributed by atoms with Crippen molar-refractivity contribution in [1.82, 2.24) is 14.9 Å². The van der Waals surface area contributed by atoms with Crippen LogP contribution in [0.5, 0.6) is 0 Å². The zero-order chi connectivity index (χ0) is 13.7. The number of nitrogens with zero attached hydrogens (tertiary/aromatic N) is 2. The Bertz CT molecular complexity index is 529. The van der Waals surface area contributed by atoms with Crippen molar-refractivity contribution < 1.29 is 0 Å².